The molecule has 0 N–H and O–H groups in total. The third-order valence-corrected chi connectivity index (χ3v) is 1.88. The molecule has 0 bridgehead atoms. The van der Waals surface area contributed by atoms with Crippen LogP contribution in [0.15, 0.2) is 24.3 Å². The molecule has 0 aliphatic heterocycles. The van der Waals surface area contributed by atoms with Crippen molar-refractivity contribution in [3.8, 4) is 5.75 Å². The summed E-state index contributed by atoms with van der Waals surface area (Å²) in [6.07, 6.45) is 1.05. The minimum Gasteiger partial charge on any atom is -0.494 e. The van der Waals surface area contributed by atoms with Crippen molar-refractivity contribution >= 4 is 0 Å². The number of benzene rings is 1. The summed E-state index contributed by atoms with van der Waals surface area (Å²) < 4.78 is 5.53. The Morgan fingerprint density at radius 2 is 2.08 bits per heavy atom. The molecule has 71 valence electrons. The minimum absolute atomic E-state index is 0.798. The van der Waals surface area contributed by atoms with E-state index in [0.717, 1.165) is 18.8 Å². The maximum absolute atomic E-state index is 5.53. The summed E-state index contributed by atoms with van der Waals surface area (Å²) in [6, 6.07) is 8.23. The Morgan fingerprint density at radius 3 is 2.69 bits per heavy atom. The first-order valence-electron chi connectivity index (χ1n) is 4.77. The molecule has 0 saturated carbocycles. The maximum Gasteiger partial charge on any atom is 0.119 e. The average Bonchev–Trinajstić information content (AvgIpc) is 2.15. The standard InChI is InChI=1S/C12H17O/c1-4-8-13-12-7-5-6-11(9-12)10(2)3/h5-7,9H,4,8H2,1-3H3. The molecule has 0 aliphatic rings. The molecule has 0 spiro atoms. The molecule has 0 amide bonds. The van der Waals surface area contributed by atoms with Gasteiger partial charge in [-0.3, -0.25) is 0 Å². The van der Waals surface area contributed by atoms with E-state index in [0.29, 0.717) is 0 Å². The molecule has 1 rings (SSSR count). The van der Waals surface area contributed by atoms with Crippen LogP contribution in [0.3, 0.4) is 0 Å². The fraction of sp³-hybridized carbons (Fsp3) is 0.417. The largest absolute Gasteiger partial charge is 0.494 e. The van der Waals surface area contributed by atoms with E-state index in [9.17, 15) is 0 Å². The van der Waals surface area contributed by atoms with Gasteiger partial charge < -0.3 is 4.74 Å². The second kappa shape index (κ2) is 4.90. The predicted molar refractivity (Wildman–Crippen MR) is 55.9 cm³/mol. The molecule has 13 heavy (non-hydrogen) atoms. The van der Waals surface area contributed by atoms with Crippen LogP contribution in [-0.4, -0.2) is 6.61 Å². The van der Waals surface area contributed by atoms with Crippen LogP contribution in [0.2, 0.25) is 0 Å². The maximum atomic E-state index is 5.53. The van der Waals surface area contributed by atoms with Gasteiger partial charge in [0.05, 0.1) is 6.61 Å². The first-order valence-corrected chi connectivity index (χ1v) is 4.77. The molecule has 0 unspecified atom stereocenters. The highest BCUT2D eigenvalue weighted by atomic mass is 16.5. The zero-order chi connectivity index (χ0) is 9.68. The molecule has 0 saturated heterocycles. The van der Waals surface area contributed by atoms with Gasteiger partial charge in [-0.15, -0.1) is 0 Å². The van der Waals surface area contributed by atoms with Crippen molar-refractivity contribution in [3.63, 3.8) is 0 Å². The smallest absolute Gasteiger partial charge is 0.119 e. The van der Waals surface area contributed by atoms with Gasteiger partial charge in [-0.2, -0.15) is 0 Å². The molecule has 1 nitrogen and oxygen atoms in total. The van der Waals surface area contributed by atoms with Crippen LogP contribution in [0.25, 0.3) is 0 Å². The summed E-state index contributed by atoms with van der Waals surface area (Å²) in [5.74, 6) is 2.29. The molecule has 1 aromatic carbocycles. The highest BCUT2D eigenvalue weighted by Crippen LogP contribution is 2.19. The Bertz CT molecular complexity index is 253. The van der Waals surface area contributed by atoms with Crippen LogP contribution in [0.4, 0.5) is 0 Å². The minimum atomic E-state index is 0.798. The fourth-order valence-electron chi connectivity index (χ4n) is 1.12. The van der Waals surface area contributed by atoms with Crippen molar-refractivity contribution in [3.05, 3.63) is 35.7 Å². The number of ether oxygens (including phenoxy) is 1. The molecular formula is C12H17O. The van der Waals surface area contributed by atoms with Crippen molar-refractivity contribution in [1.29, 1.82) is 0 Å². The Kier molecular flexibility index (Phi) is 3.81. The third kappa shape index (κ3) is 3.10. The van der Waals surface area contributed by atoms with E-state index in [-0.39, 0.29) is 0 Å². The van der Waals surface area contributed by atoms with Crippen LogP contribution >= 0.6 is 0 Å². The SMILES string of the molecule is CCCOc1cccc([C](C)C)c1. The Labute approximate surface area is 80.7 Å². The molecule has 0 heterocycles. The van der Waals surface area contributed by atoms with Gasteiger partial charge in [0.2, 0.25) is 0 Å². The average molecular weight is 177 g/mol. The molecule has 0 fully saturated rings. The Hall–Kier alpha value is -0.980. The normalized spacial score (nSPS) is 10.5. The second-order valence-electron chi connectivity index (χ2n) is 3.38. The van der Waals surface area contributed by atoms with E-state index in [2.05, 4.69) is 32.9 Å². The Morgan fingerprint density at radius 1 is 1.31 bits per heavy atom. The summed E-state index contributed by atoms with van der Waals surface area (Å²) in [4.78, 5) is 0. The summed E-state index contributed by atoms with van der Waals surface area (Å²) >= 11 is 0. The van der Waals surface area contributed by atoms with Crippen LogP contribution in [-0.2, 0) is 0 Å². The highest BCUT2D eigenvalue weighted by Gasteiger charge is 2.00. The lowest BCUT2D eigenvalue weighted by atomic mass is 10.0. The van der Waals surface area contributed by atoms with E-state index in [4.69, 9.17) is 4.74 Å². The topological polar surface area (TPSA) is 9.23 Å². The molecule has 0 atom stereocenters. The first kappa shape index (κ1) is 10.1. The molecule has 1 radical (unpaired) electrons. The van der Waals surface area contributed by atoms with Crippen molar-refractivity contribution in [2.75, 3.05) is 6.61 Å². The van der Waals surface area contributed by atoms with Gasteiger partial charge >= 0.3 is 0 Å². The van der Waals surface area contributed by atoms with Crippen molar-refractivity contribution < 1.29 is 4.74 Å². The molecule has 0 aliphatic carbocycles. The Balaban J connectivity index is 2.68. The zero-order valence-corrected chi connectivity index (χ0v) is 8.63. The molecule has 0 aromatic heterocycles. The summed E-state index contributed by atoms with van der Waals surface area (Å²) in [5.41, 5.74) is 1.26. The van der Waals surface area contributed by atoms with E-state index in [1.807, 2.05) is 12.1 Å². The fourth-order valence-corrected chi connectivity index (χ4v) is 1.12. The number of rotatable bonds is 4. The quantitative estimate of drug-likeness (QED) is 0.684. The predicted octanol–water partition coefficient (Wildman–Crippen LogP) is 3.44. The summed E-state index contributed by atoms with van der Waals surface area (Å²) in [5, 5.41) is 0. The first-order chi connectivity index (χ1) is 6.24. The number of hydrogen-bond acceptors (Lipinski definition) is 1. The van der Waals surface area contributed by atoms with Crippen molar-refractivity contribution in [2.24, 2.45) is 0 Å². The van der Waals surface area contributed by atoms with E-state index in [1.165, 1.54) is 11.5 Å². The monoisotopic (exact) mass is 177 g/mol. The lowest BCUT2D eigenvalue weighted by Crippen LogP contribution is -1.96. The van der Waals surface area contributed by atoms with E-state index in [1.54, 1.807) is 0 Å². The van der Waals surface area contributed by atoms with E-state index < -0.39 is 0 Å². The second-order valence-corrected chi connectivity index (χ2v) is 3.38. The van der Waals surface area contributed by atoms with E-state index >= 15 is 0 Å². The van der Waals surface area contributed by atoms with Crippen LogP contribution in [0.1, 0.15) is 32.8 Å². The van der Waals surface area contributed by atoms with Gasteiger partial charge in [0.15, 0.2) is 0 Å². The zero-order valence-electron chi connectivity index (χ0n) is 8.63. The van der Waals surface area contributed by atoms with Gasteiger partial charge in [0.25, 0.3) is 0 Å². The van der Waals surface area contributed by atoms with Gasteiger partial charge in [-0.25, -0.2) is 0 Å². The summed E-state index contributed by atoms with van der Waals surface area (Å²) in [7, 11) is 0. The third-order valence-electron chi connectivity index (χ3n) is 1.88. The van der Waals surface area contributed by atoms with Crippen LogP contribution in [0.5, 0.6) is 5.75 Å². The van der Waals surface area contributed by atoms with Gasteiger partial charge in [0, 0.05) is 0 Å². The number of hydrogen-bond donors (Lipinski definition) is 0. The van der Waals surface area contributed by atoms with Crippen molar-refractivity contribution in [1.82, 2.24) is 0 Å². The molecule has 1 aromatic rings. The molecular weight excluding hydrogens is 160 g/mol. The molecule has 1 heteroatoms. The van der Waals surface area contributed by atoms with Crippen molar-refractivity contribution in [2.45, 2.75) is 27.2 Å². The lowest BCUT2D eigenvalue weighted by molar-refractivity contribution is 0.317. The van der Waals surface area contributed by atoms with Gasteiger partial charge in [-0.1, -0.05) is 32.9 Å². The summed E-state index contributed by atoms with van der Waals surface area (Å²) in [6.45, 7) is 7.13. The lowest BCUT2D eigenvalue weighted by Gasteiger charge is -2.08. The van der Waals surface area contributed by atoms with Gasteiger partial charge in [-0.05, 0) is 30.0 Å². The van der Waals surface area contributed by atoms with Crippen LogP contribution in [0, 0.1) is 5.92 Å². The van der Waals surface area contributed by atoms with Gasteiger partial charge in [0.1, 0.15) is 5.75 Å². The van der Waals surface area contributed by atoms with Crippen LogP contribution < -0.4 is 4.74 Å². The highest BCUT2D eigenvalue weighted by molar-refractivity contribution is 5.35.